The number of carbonyl (C=O) groups is 1. The van der Waals surface area contributed by atoms with Crippen molar-refractivity contribution >= 4 is 30.7 Å². The van der Waals surface area contributed by atoms with Crippen LogP contribution in [0.25, 0.3) is 5.69 Å². The Morgan fingerprint density at radius 3 is 2.60 bits per heavy atom. The summed E-state index contributed by atoms with van der Waals surface area (Å²) in [5, 5.41) is 4.18. The maximum absolute atomic E-state index is 11.4. The zero-order chi connectivity index (χ0) is 13.1. The summed E-state index contributed by atoms with van der Waals surface area (Å²) in [5.74, 6) is 5.87. The smallest absolute Gasteiger partial charge is 0.265 e. The number of methoxy groups -OCH3 is 1. The molecule has 110 valence electrons. The van der Waals surface area contributed by atoms with Gasteiger partial charge >= 0.3 is 0 Å². The molecule has 0 aliphatic rings. The van der Waals surface area contributed by atoms with Gasteiger partial charge in [-0.25, -0.2) is 15.5 Å². The molecule has 2 aromatic rings. The Balaban J connectivity index is 0.00000180. The Bertz CT molecular complexity index is 588. The highest BCUT2D eigenvalue weighted by molar-refractivity contribution is 5.94. The average Bonchev–Trinajstić information content (AvgIpc) is 2.83. The summed E-state index contributed by atoms with van der Waals surface area (Å²) >= 11 is 0. The van der Waals surface area contributed by atoms with Crippen LogP contribution in [0.1, 0.15) is 16.2 Å². The first kappa shape index (κ1) is 18.2. The fraction of sp³-hybridized carbons (Fsp3) is 0.182. The fourth-order valence-electron chi connectivity index (χ4n) is 1.55. The molecule has 9 heteroatoms. The van der Waals surface area contributed by atoms with E-state index in [4.69, 9.17) is 10.6 Å². The number of nitrogen functional groups attached to an aromatic ring is 1. The van der Waals surface area contributed by atoms with E-state index in [1.807, 2.05) is 0 Å². The van der Waals surface area contributed by atoms with Crippen LogP contribution in [0.2, 0.25) is 0 Å². The Labute approximate surface area is 128 Å². The van der Waals surface area contributed by atoms with Gasteiger partial charge in [0.1, 0.15) is 23.6 Å². The summed E-state index contributed by atoms with van der Waals surface area (Å²) in [7, 11) is 1.52. The molecule has 3 N–H and O–H groups in total. The van der Waals surface area contributed by atoms with E-state index >= 15 is 0 Å². The maximum atomic E-state index is 11.4. The lowest BCUT2D eigenvalue weighted by Crippen LogP contribution is -2.29. The number of aromatic nitrogens is 3. The molecule has 0 atom stereocenters. The average molecular weight is 320 g/mol. The SMILES string of the molecule is COc1cc(C(=O)NN)ccc1-n1cnc(C)n1.Cl.Cl. The number of benzene rings is 1. The molecule has 1 heterocycles. The molecule has 0 saturated carbocycles. The highest BCUT2D eigenvalue weighted by atomic mass is 35.5. The molecule has 1 amide bonds. The third kappa shape index (κ3) is 3.60. The van der Waals surface area contributed by atoms with Crippen LogP contribution in [0, 0.1) is 6.92 Å². The summed E-state index contributed by atoms with van der Waals surface area (Å²) in [6.07, 6.45) is 1.58. The fourth-order valence-corrected chi connectivity index (χ4v) is 1.55. The number of carbonyl (C=O) groups excluding carboxylic acids is 1. The molecule has 0 aliphatic heterocycles. The standard InChI is InChI=1S/C11H13N5O2.2ClH/c1-7-13-6-16(15-7)9-4-3-8(11(17)14-12)5-10(9)18-2;;/h3-6H,12H2,1-2H3,(H,14,17);2*1H. The zero-order valence-corrected chi connectivity index (χ0v) is 12.5. The first-order chi connectivity index (χ1) is 8.65. The summed E-state index contributed by atoms with van der Waals surface area (Å²) in [6.45, 7) is 1.79. The number of nitrogens with two attached hydrogens (primary N) is 1. The van der Waals surface area contributed by atoms with Gasteiger partial charge < -0.3 is 4.74 Å². The molecule has 0 saturated heterocycles. The van der Waals surface area contributed by atoms with Crippen molar-refractivity contribution < 1.29 is 9.53 Å². The number of nitrogens with zero attached hydrogens (tertiary/aromatic N) is 3. The van der Waals surface area contributed by atoms with Crippen LogP contribution in [0.3, 0.4) is 0 Å². The molecular formula is C11H15Cl2N5O2. The number of rotatable bonds is 3. The van der Waals surface area contributed by atoms with E-state index in [1.165, 1.54) is 7.11 Å². The van der Waals surface area contributed by atoms with Gasteiger partial charge in [-0.1, -0.05) is 0 Å². The summed E-state index contributed by atoms with van der Waals surface area (Å²) < 4.78 is 6.82. The summed E-state index contributed by atoms with van der Waals surface area (Å²) in [6, 6.07) is 4.95. The molecular weight excluding hydrogens is 305 g/mol. The minimum absolute atomic E-state index is 0. The summed E-state index contributed by atoms with van der Waals surface area (Å²) in [4.78, 5) is 15.4. The second-order valence-corrected chi connectivity index (χ2v) is 3.60. The third-order valence-corrected chi connectivity index (χ3v) is 2.43. The second-order valence-electron chi connectivity index (χ2n) is 3.60. The van der Waals surface area contributed by atoms with Gasteiger partial charge in [0.15, 0.2) is 0 Å². The van der Waals surface area contributed by atoms with Crippen molar-refractivity contribution in [2.24, 2.45) is 5.84 Å². The van der Waals surface area contributed by atoms with E-state index in [9.17, 15) is 4.79 Å². The van der Waals surface area contributed by atoms with Gasteiger partial charge in [0.2, 0.25) is 0 Å². The zero-order valence-electron chi connectivity index (χ0n) is 10.9. The van der Waals surface area contributed by atoms with Crippen molar-refractivity contribution in [1.29, 1.82) is 0 Å². The number of hydrogen-bond acceptors (Lipinski definition) is 5. The molecule has 0 bridgehead atoms. The highest BCUT2D eigenvalue weighted by Gasteiger charge is 2.11. The van der Waals surface area contributed by atoms with E-state index in [0.717, 1.165) is 0 Å². The predicted molar refractivity (Wildman–Crippen MR) is 78.8 cm³/mol. The molecule has 0 unspecified atom stereocenters. The lowest BCUT2D eigenvalue weighted by atomic mass is 10.2. The monoisotopic (exact) mass is 319 g/mol. The number of amides is 1. The van der Waals surface area contributed by atoms with Gasteiger partial charge in [-0.05, 0) is 25.1 Å². The number of ether oxygens (including phenoxy) is 1. The van der Waals surface area contributed by atoms with E-state index in [1.54, 1.807) is 36.1 Å². The van der Waals surface area contributed by atoms with Crippen molar-refractivity contribution in [2.45, 2.75) is 6.92 Å². The number of hydrogen-bond donors (Lipinski definition) is 2. The van der Waals surface area contributed by atoms with E-state index in [0.29, 0.717) is 22.8 Å². The Morgan fingerprint density at radius 1 is 1.40 bits per heavy atom. The minimum Gasteiger partial charge on any atom is -0.494 e. The number of halogens is 2. The largest absolute Gasteiger partial charge is 0.494 e. The number of aryl methyl sites for hydroxylation is 1. The molecule has 0 fully saturated rings. The van der Waals surface area contributed by atoms with Gasteiger partial charge in [-0.2, -0.15) is 5.10 Å². The van der Waals surface area contributed by atoms with Crippen molar-refractivity contribution in [3.8, 4) is 11.4 Å². The predicted octanol–water partition coefficient (Wildman–Crippen LogP) is 1.03. The second kappa shape index (κ2) is 7.68. The van der Waals surface area contributed by atoms with Crippen LogP contribution in [0.4, 0.5) is 0 Å². The van der Waals surface area contributed by atoms with Crippen LogP contribution in [0.5, 0.6) is 5.75 Å². The van der Waals surface area contributed by atoms with E-state index in [2.05, 4.69) is 15.5 Å². The molecule has 20 heavy (non-hydrogen) atoms. The molecule has 1 aromatic carbocycles. The first-order valence-electron chi connectivity index (χ1n) is 5.23. The van der Waals surface area contributed by atoms with Crippen LogP contribution in [-0.2, 0) is 0 Å². The van der Waals surface area contributed by atoms with Crippen molar-refractivity contribution in [1.82, 2.24) is 20.2 Å². The van der Waals surface area contributed by atoms with Gasteiger partial charge in [0.25, 0.3) is 5.91 Å². The van der Waals surface area contributed by atoms with Crippen LogP contribution < -0.4 is 16.0 Å². The molecule has 0 radical (unpaired) electrons. The molecule has 1 aromatic heterocycles. The van der Waals surface area contributed by atoms with E-state index < -0.39 is 0 Å². The highest BCUT2D eigenvalue weighted by Crippen LogP contribution is 2.23. The van der Waals surface area contributed by atoms with Gasteiger partial charge in [-0.3, -0.25) is 10.2 Å². The third-order valence-electron chi connectivity index (χ3n) is 2.43. The van der Waals surface area contributed by atoms with Gasteiger partial charge in [0.05, 0.1) is 7.11 Å². The Hall–Kier alpha value is -1.83. The molecule has 2 rings (SSSR count). The lowest BCUT2D eigenvalue weighted by molar-refractivity contribution is 0.0953. The quantitative estimate of drug-likeness (QED) is 0.500. The van der Waals surface area contributed by atoms with Crippen molar-refractivity contribution in [3.63, 3.8) is 0 Å². The van der Waals surface area contributed by atoms with Gasteiger partial charge in [-0.15, -0.1) is 24.8 Å². The lowest BCUT2D eigenvalue weighted by Gasteiger charge is -2.09. The number of hydrazine groups is 1. The van der Waals surface area contributed by atoms with Crippen molar-refractivity contribution in [2.75, 3.05) is 7.11 Å². The van der Waals surface area contributed by atoms with Gasteiger partial charge in [0, 0.05) is 5.56 Å². The Kier molecular flexibility index (Phi) is 6.98. The topological polar surface area (TPSA) is 95.1 Å². The molecule has 7 nitrogen and oxygen atoms in total. The van der Waals surface area contributed by atoms with Crippen LogP contribution in [0.15, 0.2) is 24.5 Å². The van der Waals surface area contributed by atoms with Crippen molar-refractivity contribution in [3.05, 3.63) is 35.9 Å². The van der Waals surface area contributed by atoms with Crippen LogP contribution in [-0.4, -0.2) is 27.8 Å². The molecule has 0 spiro atoms. The maximum Gasteiger partial charge on any atom is 0.265 e. The normalized spacial score (nSPS) is 9.15. The summed E-state index contributed by atoms with van der Waals surface area (Å²) in [5.41, 5.74) is 3.18. The molecule has 0 aliphatic carbocycles. The first-order valence-corrected chi connectivity index (χ1v) is 5.23. The van der Waals surface area contributed by atoms with E-state index in [-0.39, 0.29) is 30.7 Å². The van der Waals surface area contributed by atoms with Crippen LogP contribution >= 0.6 is 24.8 Å². The number of nitrogens with one attached hydrogen (secondary N) is 1. The Morgan fingerprint density at radius 2 is 2.10 bits per heavy atom. The minimum atomic E-state index is -0.380.